The summed E-state index contributed by atoms with van der Waals surface area (Å²) in [5.74, 6) is 0. The molecule has 0 fully saturated rings. The van der Waals surface area contributed by atoms with Crippen LogP contribution in [0.3, 0.4) is 0 Å². The van der Waals surface area contributed by atoms with Crippen molar-refractivity contribution in [3.8, 4) is 0 Å². The highest BCUT2D eigenvalue weighted by atomic mass is 35.5. The van der Waals surface area contributed by atoms with Crippen LogP contribution in [0, 0.1) is 0 Å². The Hall–Kier alpha value is -1.94. The van der Waals surface area contributed by atoms with E-state index in [1.165, 1.54) is 0 Å². The first kappa shape index (κ1) is 16.1. The maximum absolute atomic E-state index is 12.2. The van der Waals surface area contributed by atoms with E-state index in [1.807, 2.05) is 20.8 Å². The summed E-state index contributed by atoms with van der Waals surface area (Å²) >= 11 is 5.83. The number of halogens is 1. The Bertz CT molecular complexity index is 717. The Morgan fingerprint density at radius 3 is 2.70 bits per heavy atom. The van der Waals surface area contributed by atoms with E-state index in [4.69, 9.17) is 11.6 Å². The van der Waals surface area contributed by atoms with Gasteiger partial charge >= 0.3 is 0 Å². The smallest absolute Gasteiger partial charge is 0.258 e. The summed E-state index contributed by atoms with van der Waals surface area (Å²) in [6, 6.07) is 3.46. The number of aliphatic imine (C=N–C) groups is 1. The molecule has 0 radical (unpaired) electrons. The second-order valence-corrected chi connectivity index (χ2v) is 4.37. The van der Waals surface area contributed by atoms with Crippen molar-refractivity contribution in [2.45, 2.75) is 20.8 Å². The second kappa shape index (κ2) is 7.01. The lowest BCUT2D eigenvalue weighted by molar-refractivity contribution is 0.899. The van der Waals surface area contributed by atoms with Gasteiger partial charge in [0.25, 0.3) is 5.56 Å². The lowest BCUT2D eigenvalue weighted by Crippen LogP contribution is -2.20. The van der Waals surface area contributed by atoms with Crippen LogP contribution in [0.25, 0.3) is 16.5 Å². The molecule has 2 aromatic heterocycles. The zero-order valence-electron chi connectivity index (χ0n) is 12.1. The number of aryl methyl sites for hydroxylation is 1. The molecule has 0 amide bonds. The third-order valence-electron chi connectivity index (χ3n) is 2.78. The number of allylic oxidation sites excluding steroid dienone is 1. The van der Waals surface area contributed by atoms with E-state index in [0.29, 0.717) is 10.7 Å². The van der Waals surface area contributed by atoms with Gasteiger partial charge in [-0.1, -0.05) is 25.4 Å². The average molecular weight is 292 g/mol. The van der Waals surface area contributed by atoms with Crippen molar-refractivity contribution in [3.05, 3.63) is 45.6 Å². The van der Waals surface area contributed by atoms with Crippen molar-refractivity contribution < 1.29 is 0 Å². The fraction of sp³-hybridized carbons (Fsp3) is 0.267. The number of fused-ring (bicyclic) bond motifs is 1. The Balaban J connectivity index is 0.000000956. The molecule has 4 nitrogen and oxygen atoms in total. The van der Waals surface area contributed by atoms with E-state index in [-0.39, 0.29) is 5.56 Å². The van der Waals surface area contributed by atoms with Gasteiger partial charge in [0.15, 0.2) is 0 Å². The van der Waals surface area contributed by atoms with Crippen LogP contribution >= 0.6 is 11.6 Å². The van der Waals surface area contributed by atoms with Crippen LogP contribution in [0.1, 0.15) is 26.3 Å². The van der Waals surface area contributed by atoms with Crippen LogP contribution in [0.5, 0.6) is 0 Å². The van der Waals surface area contributed by atoms with E-state index in [0.717, 1.165) is 16.5 Å². The van der Waals surface area contributed by atoms with Crippen LogP contribution < -0.4 is 5.56 Å². The van der Waals surface area contributed by atoms with Crippen LogP contribution in [0.4, 0.5) is 0 Å². The molecule has 5 heteroatoms. The highest BCUT2D eigenvalue weighted by Gasteiger charge is 2.08. The first-order valence-corrected chi connectivity index (χ1v) is 6.70. The van der Waals surface area contributed by atoms with Gasteiger partial charge in [0.1, 0.15) is 5.15 Å². The SMILES string of the molecule is C=N/C=C(\C)c1cc2cnc(Cl)cc2n(C)c1=O.CC. The van der Waals surface area contributed by atoms with E-state index in [2.05, 4.69) is 16.7 Å². The minimum Gasteiger partial charge on any atom is -0.311 e. The molecule has 0 bridgehead atoms. The van der Waals surface area contributed by atoms with E-state index >= 15 is 0 Å². The zero-order valence-corrected chi connectivity index (χ0v) is 12.9. The fourth-order valence-corrected chi connectivity index (χ4v) is 1.98. The standard InChI is InChI=1S/C13H12ClN3O.C2H6/c1-8(6-15-2)10-4-9-7-16-12(14)5-11(9)17(3)13(10)18;1-2/h4-7H,2H2,1,3H3;1-2H3/b8-6+;. The third kappa shape index (κ3) is 3.14. The van der Waals surface area contributed by atoms with Crippen molar-refractivity contribution in [1.82, 2.24) is 9.55 Å². The van der Waals surface area contributed by atoms with Crippen LogP contribution in [0.2, 0.25) is 5.15 Å². The summed E-state index contributed by atoms with van der Waals surface area (Å²) in [5.41, 5.74) is 2.01. The normalized spacial score (nSPS) is 10.9. The molecule has 20 heavy (non-hydrogen) atoms. The van der Waals surface area contributed by atoms with Gasteiger partial charge in [-0.05, 0) is 31.3 Å². The Kier molecular flexibility index (Phi) is 5.65. The number of hydrogen-bond acceptors (Lipinski definition) is 3. The average Bonchev–Trinajstić information content (AvgIpc) is 2.45. The monoisotopic (exact) mass is 291 g/mol. The number of rotatable bonds is 2. The summed E-state index contributed by atoms with van der Waals surface area (Å²) < 4.78 is 1.55. The first-order valence-electron chi connectivity index (χ1n) is 6.33. The molecular weight excluding hydrogens is 274 g/mol. The molecule has 0 aromatic carbocycles. The molecule has 2 rings (SSSR count). The van der Waals surface area contributed by atoms with Gasteiger partial charge in [0, 0.05) is 30.4 Å². The van der Waals surface area contributed by atoms with Crippen LogP contribution in [-0.2, 0) is 7.05 Å². The van der Waals surface area contributed by atoms with Crippen molar-refractivity contribution in [2.24, 2.45) is 12.0 Å². The number of nitrogens with zero attached hydrogens (tertiary/aromatic N) is 3. The molecule has 0 aliphatic carbocycles. The van der Waals surface area contributed by atoms with Gasteiger partial charge in [-0.3, -0.25) is 9.79 Å². The van der Waals surface area contributed by atoms with Gasteiger partial charge in [0.2, 0.25) is 0 Å². The zero-order chi connectivity index (χ0) is 15.3. The first-order chi connectivity index (χ1) is 9.54. The quantitative estimate of drug-likeness (QED) is 0.626. The number of aromatic nitrogens is 2. The van der Waals surface area contributed by atoms with Crippen molar-refractivity contribution >= 4 is 34.8 Å². The van der Waals surface area contributed by atoms with Crippen LogP contribution in [0.15, 0.2) is 34.3 Å². The minimum absolute atomic E-state index is 0.0952. The Labute approximate surface area is 123 Å². The minimum atomic E-state index is -0.0952. The van der Waals surface area contributed by atoms with Gasteiger partial charge < -0.3 is 4.57 Å². The molecule has 2 heterocycles. The van der Waals surface area contributed by atoms with E-state index in [1.54, 1.807) is 36.1 Å². The molecule has 0 N–H and O–H groups in total. The summed E-state index contributed by atoms with van der Waals surface area (Å²) in [5, 5.41) is 1.22. The Morgan fingerprint density at radius 1 is 1.45 bits per heavy atom. The summed E-state index contributed by atoms with van der Waals surface area (Å²) in [4.78, 5) is 19.9. The van der Waals surface area contributed by atoms with Gasteiger partial charge in [0.05, 0.1) is 5.52 Å². The lowest BCUT2D eigenvalue weighted by atomic mass is 10.1. The third-order valence-corrected chi connectivity index (χ3v) is 2.99. The second-order valence-electron chi connectivity index (χ2n) is 3.98. The highest BCUT2D eigenvalue weighted by Crippen LogP contribution is 2.19. The molecule has 0 spiro atoms. The molecule has 0 unspecified atom stereocenters. The van der Waals surface area contributed by atoms with Gasteiger partial charge in [-0.2, -0.15) is 0 Å². The molecule has 2 aromatic rings. The predicted octanol–water partition coefficient (Wildman–Crippen LogP) is 3.67. The number of pyridine rings is 2. The largest absolute Gasteiger partial charge is 0.311 e. The highest BCUT2D eigenvalue weighted by molar-refractivity contribution is 6.30. The molecule has 0 saturated carbocycles. The summed E-state index contributed by atoms with van der Waals surface area (Å²) in [6.45, 7) is 9.21. The van der Waals surface area contributed by atoms with Gasteiger partial charge in [-0.25, -0.2) is 4.98 Å². The molecule has 0 aliphatic rings. The van der Waals surface area contributed by atoms with E-state index < -0.39 is 0 Å². The predicted molar refractivity (Wildman–Crippen MR) is 86.5 cm³/mol. The lowest BCUT2D eigenvalue weighted by Gasteiger charge is -2.08. The molecule has 0 aliphatic heterocycles. The van der Waals surface area contributed by atoms with Crippen molar-refractivity contribution in [1.29, 1.82) is 0 Å². The van der Waals surface area contributed by atoms with Gasteiger partial charge in [-0.15, -0.1) is 0 Å². The van der Waals surface area contributed by atoms with E-state index in [9.17, 15) is 4.79 Å². The maximum Gasteiger partial charge on any atom is 0.258 e. The fourth-order valence-electron chi connectivity index (χ4n) is 1.83. The topological polar surface area (TPSA) is 47.2 Å². The molecule has 106 valence electrons. The molecule has 0 atom stereocenters. The molecule has 0 saturated heterocycles. The Morgan fingerprint density at radius 2 is 2.10 bits per heavy atom. The summed E-state index contributed by atoms with van der Waals surface area (Å²) in [7, 11) is 1.71. The van der Waals surface area contributed by atoms with Crippen LogP contribution in [-0.4, -0.2) is 16.3 Å². The number of hydrogen-bond donors (Lipinski definition) is 0. The molecular formula is C15H18ClN3O. The van der Waals surface area contributed by atoms with Crippen molar-refractivity contribution in [3.63, 3.8) is 0 Å². The maximum atomic E-state index is 12.2. The van der Waals surface area contributed by atoms with Crippen molar-refractivity contribution in [2.75, 3.05) is 0 Å². The summed E-state index contributed by atoms with van der Waals surface area (Å²) in [6.07, 6.45) is 3.21.